The normalized spacial score (nSPS) is 47.9. The second-order valence-electron chi connectivity index (χ2n) is 14.1. The summed E-state index contributed by atoms with van der Waals surface area (Å²) in [4.78, 5) is 29.2. The van der Waals surface area contributed by atoms with Gasteiger partial charge in [-0.25, -0.2) is 4.79 Å². The molecule has 1 N–H and O–H groups in total. The number of methoxy groups -OCH3 is 4. The van der Waals surface area contributed by atoms with Crippen LogP contribution in [0.1, 0.15) is 43.0 Å². The van der Waals surface area contributed by atoms with E-state index >= 15 is 0 Å². The molecule has 1 spiro atoms. The smallest absolute Gasteiger partial charge is 0.338 e. The molecule has 0 amide bonds. The lowest BCUT2D eigenvalue weighted by molar-refractivity contribution is -0.285. The van der Waals surface area contributed by atoms with Crippen LogP contribution in [0.25, 0.3) is 0 Å². The molecular formula is C33H46ClNO9. The molecule has 1 aliphatic heterocycles. The average molecular weight is 636 g/mol. The second kappa shape index (κ2) is 10.9. The molecule has 1 saturated heterocycles. The summed E-state index contributed by atoms with van der Waals surface area (Å²) >= 11 is 0. The number of carbonyl (C=O) groups excluding carboxylic acids is 2. The lowest BCUT2D eigenvalue weighted by Gasteiger charge is -2.69. The van der Waals surface area contributed by atoms with E-state index in [0.29, 0.717) is 18.6 Å². The van der Waals surface area contributed by atoms with Crippen molar-refractivity contribution in [1.82, 2.24) is 4.90 Å². The van der Waals surface area contributed by atoms with E-state index in [0.717, 1.165) is 19.4 Å². The molecule has 11 heteroatoms. The summed E-state index contributed by atoms with van der Waals surface area (Å²) in [5.74, 6) is -1.87. The van der Waals surface area contributed by atoms with Crippen LogP contribution in [-0.4, -0.2) is 112 Å². The Morgan fingerprint density at radius 1 is 1.00 bits per heavy atom. The molecule has 244 valence electrons. The molecule has 7 bridgehead atoms. The number of hydrogen-bond acceptors (Lipinski definition) is 10. The quantitative estimate of drug-likeness (QED) is 0.428. The Hall–Kier alpha value is -1.79. The summed E-state index contributed by atoms with van der Waals surface area (Å²) in [5, 5.41) is 12.7. The maximum absolute atomic E-state index is 13.7. The predicted octanol–water partition coefficient (Wildman–Crippen LogP) is 2.74. The number of halogens is 1. The number of ether oxygens (including phenoxy) is 6. The molecule has 0 aromatic heterocycles. The zero-order chi connectivity index (χ0) is 30.5. The Labute approximate surface area is 265 Å². The van der Waals surface area contributed by atoms with Crippen LogP contribution in [-0.2, 0) is 33.2 Å². The highest BCUT2D eigenvalue weighted by Gasteiger charge is 2.89. The Kier molecular flexibility index (Phi) is 7.96. The summed E-state index contributed by atoms with van der Waals surface area (Å²) in [6, 6.07) is 8.77. The van der Waals surface area contributed by atoms with Crippen molar-refractivity contribution in [1.29, 1.82) is 0 Å². The van der Waals surface area contributed by atoms with E-state index in [2.05, 4.69) is 11.9 Å². The highest BCUT2D eigenvalue weighted by atomic mass is 35.5. The lowest BCUT2D eigenvalue weighted by atomic mass is 9.43. The number of fused-ring (bicyclic) bond motifs is 2. The van der Waals surface area contributed by atoms with E-state index in [1.807, 2.05) is 6.07 Å². The third-order valence-electron chi connectivity index (χ3n) is 12.7. The van der Waals surface area contributed by atoms with E-state index < -0.39 is 46.7 Å². The first-order chi connectivity index (χ1) is 20.6. The number of nitrogens with zero attached hydrogens (tertiary/aromatic N) is 1. The van der Waals surface area contributed by atoms with Crippen molar-refractivity contribution in [3.05, 3.63) is 35.9 Å². The van der Waals surface area contributed by atoms with Gasteiger partial charge in [-0.05, 0) is 44.4 Å². The number of hydrogen-bond donors (Lipinski definition) is 1. The molecule has 5 aliphatic carbocycles. The number of likely N-dealkylation sites (tertiary alicyclic amines) is 1. The predicted molar refractivity (Wildman–Crippen MR) is 160 cm³/mol. The zero-order valence-corrected chi connectivity index (χ0v) is 27.2. The Morgan fingerprint density at radius 2 is 1.70 bits per heavy atom. The summed E-state index contributed by atoms with van der Waals surface area (Å²) in [7, 11) is 9.01. The average Bonchev–Trinajstić information content (AvgIpc) is 3.37. The van der Waals surface area contributed by atoms with Crippen LogP contribution in [0.15, 0.2) is 30.3 Å². The highest BCUT2D eigenvalue weighted by molar-refractivity contribution is 5.89. The van der Waals surface area contributed by atoms with Gasteiger partial charge in [0, 0.05) is 83.0 Å². The van der Waals surface area contributed by atoms with Gasteiger partial charge in [-0.3, -0.25) is 4.79 Å². The van der Waals surface area contributed by atoms with Gasteiger partial charge in [0.2, 0.25) is 0 Å². The standard InChI is InChI=1S/C33H45NO9.ClH/c1-18(35)43-32-15-22(40-5)31(37)14-20(23(32)28(31)42-29(36)19-10-8-7-9-11-19)33-21(39-4)12-13-30(17-38-3)16-34(2)27(33)24(32)25(41-6)26(30)33;/h7-11,20-28,37H,12-17H2,1-6H3;1H/t20-,21+,22+,23-,24+,25+,26-,27?,28-,30+,31+,32-,33+;/m1./s1. The fourth-order valence-corrected chi connectivity index (χ4v) is 12.2. The number of carbonyl (C=O) groups is 2. The van der Waals surface area contributed by atoms with Gasteiger partial charge in [0.15, 0.2) is 0 Å². The van der Waals surface area contributed by atoms with Gasteiger partial charge in [-0.15, -0.1) is 12.4 Å². The first kappa shape index (κ1) is 32.2. The number of rotatable bonds is 8. The molecule has 13 atom stereocenters. The maximum atomic E-state index is 13.7. The Morgan fingerprint density at radius 3 is 2.32 bits per heavy atom. The number of benzene rings is 1. The largest absolute Gasteiger partial charge is 0.458 e. The van der Waals surface area contributed by atoms with Crippen LogP contribution in [0.2, 0.25) is 0 Å². The summed E-state index contributed by atoms with van der Waals surface area (Å²) < 4.78 is 38.0. The van der Waals surface area contributed by atoms with Gasteiger partial charge >= 0.3 is 11.9 Å². The fourth-order valence-electron chi connectivity index (χ4n) is 12.2. The highest BCUT2D eigenvalue weighted by Crippen LogP contribution is 2.80. The Balaban J connectivity index is 0.00000343. The van der Waals surface area contributed by atoms with E-state index in [9.17, 15) is 14.7 Å². The van der Waals surface area contributed by atoms with Crippen molar-refractivity contribution >= 4 is 24.3 Å². The van der Waals surface area contributed by atoms with Crippen LogP contribution >= 0.6 is 12.4 Å². The number of piperidine rings is 1. The third-order valence-corrected chi connectivity index (χ3v) is 12.7. The summed E-state index contributed by atoms with van der Waals surface area (Å²) in [6.07, 6.45) is 0.272. The minimum Gasteiger partial charge on any atom is -0.458 e. The number of aliphatic hydroxyl groups is 1. The first-order valence-corrected chi connectivity index (χ1v) is 15.5. The van der Waals surface area contributed by atoms with Crippen molar-refractivity contribution in [2.75, 3.05) is 48.6 Å². The SMILES string of the molecule is COC[C@@]12CC[C@H](OC)[C@]34C([C@H]([C@H](OC)[C@H]13)[C@@]1(OC(C)=O)C[C@H](OC)[C@@]3(O)C[C@@H]4[C@@H]1[C@H]3OC(=O)c1ccccc1)N(C)C2.Cl. The van der Waals surface area contributed by atoms with Crippen LogP contribution in [0.3, 0.4) is 0 Å². The van der Waals surface area contributed by atoms with Gasteiger partial charge in [-0.1, -0.05) is 18.2 Å². The van der Waals surface area contributed by atoms with Crippen LogP contribution in [0, 0.1) is 34.5 Å². The zero-order valence-electron chi connectivity index (χ0n) is 26.4. The third kappa shape index (κ3) is 3.76. The molecule has 1 aromatic carbocycles. The van der Waals surface area contributed by atoms with E-state index in [1.54, 1.807) is 52.7 Å². The van der Waals surface area contributed by atoms with Crippen molar-refractivity contribution in [2.24, 2.45) is 34.5 Å². The fraction of sp³-hybridized carbons (Fsp3) is 0.758. The molecule has 0 radical (unpaired) electrons. The molecule has 1 aromatic rings. The molecule has 6 aliphatic rings. The molecular weight excluding hydrogens is 590 g/mol. The lowest BCUT2D eigenvalue weighted by Crippen LogP contribution is -2.77. The van der Waals surface area contributed by atoms with Crippen LogP contribution < -0.4 is 0 Å². The molecule has 1 unspecified atom stereocenters. The van der Waals surface area contributed by atoms with Gasteiger partial charge in [0.05, 0.1) is 30.5 Å². The number of esters is 2. The second-order valence-corrected chi connectivity index (χ2v) is 14.1. The summed E-state index contributed by atoms with van der Waals surface area (Å²) in [6.45, 7) is 2.82. The van der Waals surface area contributed by atoms with Crippen molar-refractivity contribution < 1.29 is 43.1 Å². The molecule has 10 nitrogen and oxygen atoms in total. The molecule has 5 saturated carbocycles. The molecule has 1 heterocycles. The van der Waals surface area contributed by atoms with Gasteiger partial charge < -0.3 is 38.4 Å². The van der Waals surface area contributed by atoms with E-state index in [-0.39, 0.29) is 60.2 Å². The van der Waals surface area contributed by atoms with Crippen LogP contribution in [0.5, 0.6) is 0 Å². The van der Waals surface area contributed by atoms with Crippen LogP contribution in [0.4, 0.5) is 0 Å². The van der Waals surface area contributed by atoms with Gasteiger partial charge in [-0.2, -0.15) is 0 Å². The molecule has 6 fully saturated rings. The maximum Gasteiger partial charge on any atom is 0.338 e. The van der Waals surface area contributed by atoms with Crippen molar-refractivity contribution in [3.63, 3.8) is 0 Å². The van der Waals surface area contributed by atoms with E-state index in [1.165, 1.54) is 6.92 Å². The van der Waals surface area contributed by atoms with E-state index in [4.69, 9.17) is 28.4 Å². The van der Waals surface area contributed by atoms with Gasteiger partial charge in [0.25, 0.3) is 0 Å². The topological polar surface area (TPSA) is 113 Å². The van der Waals surface area contributed by atoms with Crippen molar-refractivity contribution in [2.45, 2.75) is 74.3 Å². The minimum absolute atomic E-state index is 0. The monoisotopic (exact) mass is 635 g/mol. The molecule has 44 heavy (non-hydrogen) atoms. The van der Waals surface area contributed by atoms with Gasteiger partial charge in [0.1, 0.15) is 17.3 Å². The summed E-state index contributed by atoms with van der Waals surface area (Å²) in [5.41, 5.74) is -2.88. The Bertz CT molecular complexity index is 1280. The minimum atomic E-state index is -1.48. The van der Waals surface area contributed by atoms with Crippen molar-refractivity contribution in [3.8, 4) is 0 Å². The first-order valence-electron chi connectivity index (χ1n) is 15.5. The molecule has 7 rings (SSSR count).